The summed E-state index contributed by atoms with van der Waals surface area (Å²) in [5.74, 6) is 0. The Kier molecular flexibility index (Phi) is 2.25. The van der Waals surface area contributed by atoms with Crippen LogP contribution >= 0.6 is 0 Å². The molecule has 1 aromatic heterocycles. The van der Waals surface area contributed by atoms with E-state index in [1.54, 1.807) is 29.5 Å². The molecule has 0 atom stereocenters. The summed E-state index contributed by atoms with van der Waals surface area (Å²) in [4.78, 5) is 13.4. The molecule has 52 valence electrons. The van der Waals surface area contributed by atoms with Gasteiger partial charge in [-0.2, -0.15) is 0 Å². The van der Waals surface area contributed by atoms with Crippen molar-refractivity contribution >= 4 is 12.7 Å². The highest BCUT2D eigenvalue weighted by molar-refractivity contribution is 5.39. The molecule has 0 fully saturated rings. The minimum atomic E-state index is 0.355. The fourth-order valence-electron chi connectivity index (χ4n) is 0.495. The summed E-state index contributed by atoms with van der Waals surface area (Å²) >= 11 is 0. The van der Waals surface area contributed by atoms with Crippen molar-refractivity contribution < 1.29 is 9.53 Å². The zero-order chi connectivity index (χ0) is 7.23. The van der Waals surface area contributed by atoms with E-state index < -0.39 is 0 Å². The molecule has 0 amide bonds. The number of imidazole rings is 1. The summed E-state index contributed by atoms with van der Waals surface area (Å²) in [5.41, 5.74) is 0. The van der Waals surface area contributed by atoms with E-state index in [9.17, 15) is 4.79 Å². The predicted molar refractivity (Wildman–Crippen MR) is 34.7 cm³/mol. The first kappa shape index (κ1) is 6.54. The topological polar surface area (TPSA) is 44.1 Å². The number of hydrogen-bond acceptors (Lipinski definition) is 3. The Hall–Kier alpha value is -1.58. The summed E-state index contributed by atoms with van der Waals surface area (Å²) in [6, 6.07) is 0. The van der Waals surface area contributed by atoms with Crippen LogP contribution in [0, 0.1) is 0 Å². The van der Waals surface area contributed by atoms with E-state index >= 15 is 0 Å². The Balaban J connectivity index is 2.47. The maximum atomic E-state index is 9.63. The van der Waals surface area contributed by atoms with Crippen LogP contribution in [0.4, 0.5) is 0 Å². The van der Waals surface area contributed by atoms with E-state index in [0.29, 0.717) is 6.47 Å². The van der Waals surface area contributed by atoms with Crippen molar-refractivity contribution in [3.63, 3.8) is 0 Å². The molecule has 0 spiro atoms. The normalized spacial score (nSPS) is 10.0. The second-order valence-electron chi connectivity index (χ2n) is 1.53. The lowest BCUT2D eigenvalue weighted by Gasteiger charge is -1.86. The minimum Gasteiger partial charge on any atom is -0.435 e. The molecule has 0 N–H and O–H groups in total. The van der Waals surface area contributed by atoms with Crippen LogP contribution in [-0.2, 0) is 9.53 Å². The molecule has 0 bridgehead atoms. The predicted octanol–water partition coefficient (Wildman–Crippen LogP) is 0.484. The number of nitrogens with zero attached hydrogens (tertiary/aromatic N) is 2. The highest BCUT2D eigenvalue weighted by Gasteiger charge is 1.78. The molecule has 1 aromatic rings. The van der Waals surface area contributed by atoms with Crippen molar-refractivity contribution in [3.05, 3.63) is 25.0 Å². The number of aromatic nitrogens is 2. The molecular weight excluding hydrogens is 132 g/mol. The lowest BCUT2D eigenvalue weighted by molar-refractivity contribution is -0.123. The molecule has 0 saturated heterocycles. The van der Waals surface area contributed by atoms with Crippen molar-refractivity contribution in [3.8, 4) is 0 Å². The van der Waals surface area contributed by atoms with Gasteiger partial charge in [0.25, 0.3) is 6.47 Å². The quantitative estimate of drug-likeness (QED) is 0.451. The van der Waals surface area contributed by atoms with Gasteiger partial charge in [0.1, 0.15) is 6.26 Å². The van der Waals surface area contributed by atoms with E-state index in [-0.39, 0.29) is 0 Å². The van der Waals surface area contributed by atoms with Crippen LogP contribution in [0.2, 0.25) is 0 Å². The highest BCUT2D eigenvalue weighted by Crippen LogP contribution is 1.85. The lowest BCUT2D eigenvalue weighted by atomic mass is 10.8. The second-order valence-corrected chi connectivity index (χ2v) is 1.53. The van der Waals surface area contributed by atoms with E-state index in [2.05, 4.69) is 9.72 Å². The molecule has 1 heterocycles. The molecular formula is C6H6N2O2. The van der Waals surface area contributed by atoms with Gasteiger partial charge < -0.3 is 9.30 Å². The van der Waals surface area contributed by atoms with Crippen molar-refractivity contribution in [1.29, 1.82) is 0 Å². The molecule has 0 aliphatic carbocycles. The van der Waals surface area contributed by atoms with Crippen LogP contribution in [0.25, 0.3) is 6.20 Å². The summed E-state index contributed by atoms with van der Waals surface area (Å²) in [6.07, 6.45) is 7.79. The molecule has 0 aliphatic heterocycles. The van der Waals surface area contributed by atoms with Gasteiger partial charge >= 0.3 is 0 Å². The van der Waals surface area contributed by atoms with Gasteiger partial charge in [0.2, 0.25) is 0 Å². The van der Waals surface area contributed by atoms with Gasteiger partial charge in [0.05, 0.1) is 6.33 Å². The van der Waals surface area contributed by atoms with Gasteiger partial charge in [-0.25, -0.2) is 4.98 Å². The standard InChI is InChI=1S/C6H6N2O2/c9-6-10-4-3-8-2-1-7-5-8/h1-6H. The summed E-state index contributed by atoms with van der Waals surface area (Å²) < 4.78 is 5.95. The fraction of sp³-hybridized carbons (Fsp3) is 0. The molecule has 0 aliphatic rings. The van der Waals surface area contributed by atoms with Crippen molar-refractivity contribution in [2.45, 2.75) is 0 Å². The molecule has 0 unspecified atom stereocenters. The largest absolute Gasteiger partial charge is 0.435 e. The molecule has 0 saturated carbocycles. The van der Waals surface area contributed by atoms with E-state index in [1.165, 1.54) is 6.26 Å². The number of rotatable bonds is 3. The first-order chi connectivity index (χ1) is 4.93. The van der Waals surface area contributed by atoms with Crippen LogP contribution in [0.15, 0.2) is 25.0 Å². The average molecular weight is 138 g/mol. The first-order valence-electron chi connectivity index (χ1n) is 2.66. The number of ether oxygens (including phenoxy) is 1. The maximum Gasteiger partial charge on any atom is 0.297 e. The third-order valence-electron chi connectivity index (χ3n) is 0.892. The molecule has 0 radical (unpaired) electrons. The Morgan fingerprint density at radius 2 is 2.50 bits per heavy atom. The SMILES string of the molecule is O=COC=Cn1ccnc1. The number of hydrogen-bond donors (Lipinski definition) is 0. The maximum absolute atomic E-state index is 9.63. The summed E-state index contributed by atoms with van der Waals surface area (Å²) in [5, 5.41) is 0. The van der Waals surface area contributed by atoms with Crippen LogP contribution < -0.4 is 0 Å². The van der Waals surface area contributed by atoms with Gasteiger partial charge in [0, 0.05) is 18.6 Å². The summed E-state index contributed by atoms with van der Waals surface area (Å²) in [7, 11) is 0. The molecule has 1 rings (SSSR count). The van der Waals surface area contributed by atoms with Crippen molar-refractivity contribution in [2.75, 3.05) is 0 Å². The van der Waals surface area contributed by atoms with Crippen LogP contribution in [-0.4, -0.2) is 16.0 Å². The molecule has 4 heteroatoms. The smallest absolute Gasteiger partial charge is 0.297 e. The zero-order valence-corrected chi connectivity index (χ0v) is 5.18. The minimum absolute atomic E-state index is 0.355. The lowest BCUT2D eigenvalue weighted by Crippen LogP contribution is -1.80. The Labute approximate surface area is 57.8 Å². The monoisotopic (exact) mass is 138 g/mol. The van der Waals surface area contributed by atoms with Crippen LogP contribution in [0.5, 0.6) is 0 Å². The first-order valence-corrected chi connectivity index (χ1v) is 2.66. The van der Waals surface area contributed by atoms with E-state index in [4.69, 9.17) is 0 Å². The van der Waals surface area contributed by atoms with Crippen molar-refractivity contribution in [1.82, 2.24) is 9.55 Å². The molecule has 0 aromatic carbocycles. The second kappa shape index (κ2) is 3.45. The van der Waals surface area contributed by atoms with Crippen LogP contribution in [0.1, 0.15) is 0 Å². The van der Waals surface area contributed by atoms with E-state index in [1.807, 2.05) is 0 Å². The third-order valence-corrected chi connectivity index (χ3v) is 0.892. The molecule has 4 nitrogen and oxygen atoms in total. The fourth-order valence-corrected chi connectivity index (χ4v) is 0.495. The van der Waals surface area contributed by atoms with Gasteiger partial charge in [-0.1, -0.05) is 0 Å². The Bertz CT molecular complexity index is 216. The highest BCUT2D eigenvalue weighted by atomic mass is 16.5. The molecule has 10 heavy (non-hydrogen) atoms. The average Bonchev–Trinajstić information content (AvgIpc) is 2.41. The summed E-state index contributed by atoms with van der Waals surface area (Å²) in [6.45, 7) is 0.355. The Morgan fingerprint density at radius 3 is 3.10 bits per heavy atom. The van der Waals surface area contributed by atoms with Gasteiger partial charge in [-0.05, 0) is 0 Å². The Morgan fingerprint density at radius 1 is 1.60 bits per heavy atom. The number of carbonyl (C=O) groups excluding carboxylic acids is 1. The van der Waals surface area contributed by atoms with Gasteiger partial charge in [-0.3, -0.25) is 4.79 Å². The third kappa shape index (κ3) is 1.74. The van der Waals surface area contributed by atoms with Gasteiger partial charge in [0.15, 0.2) is 0 Å². The number of carbonyl (C=O) groups is 1. The van der Waals surface area contributed by atoms with Crippen molar-refractivity contribution in [2.24, 2.45) is 0 Å². The van der Waals surface area contributed by atoms with Gasteiger partial charge in [-0.15, -0.1) is 0 Å². The zero-order valence-electron chi connectivity index (χ0n) is 5.18. The van der Waals surface area contributed by atoms with E-state index in [0.717, 1.165) is 0 Å². The van der Waals surface area contributed by atoms with Crippen LogP contribution in [0.3, 0.4) is 0 Å².